The Bertz CT molecular complexity index is 548. The summed E-state index contributed by atoms with van der Waals surface area (Å²) in [6, 6.07) is 1.71. The summed E-state index contributed by atoms with van der Waals surface area (Å²) in [4.78, 5) is 11.8. The van der Waals surface area contributed by atoms with E-state index in [1.165, 1.54) is 0 Å². The molecule has 0 saturated carbocycles. The second-order valence-electron chi connectivity index (χ2n) is 4.09. The summed E-state index contributed by atoms with van der Waals surface area (Å²) < 4.78 is 3.47. The number of rotatable bonds is 6. The first kappa shape index (κ1) is 13.6. The van der Waals surface area contributed by atoms with Gasteiger partial charge in [-0.3, -0.25) is 14.2 Å². The van der Waals surface area contributed by atoms with Gasteiger partial charge < -0.3 is 5.32 Å². The van der Waals surface area contributed by atoms with Gasteiger partial charge in [-0.05, 0) is 19.4 Å². The standard InChI is InChI=1S/C12H16ClN5O/c1-2-17-7-4-11(16-17)12(19)14-5-3-6-18-9-10(13)8-15-18/h4,7-9H,2-3,5-6H2,1H3,(H,14,19). The van der Waals surface area contributed by atoms with Gasteiger partial charge >= 0.3 is 0 Å². The van der Waals surface area contributed by atoms with Crippen molar-refractivity contribution >= 4 is 17.5 Å². The van der Waals surface area contributed by atoms with Crippen molar-refractivity contribution < 1.29 is 4.79 Å². The summed E-state index contributed by atoms with van der Waals surface area (Å²) in [5.74, 6) is -0.148. The van der Waals surface area contributed by atoms with Crippen molar-refractivity contribution in [3.63, 3.8) is 0 Å². The second kappa shape index (κ2) is 6.38. The lowest BCUT2D eigenvalue weighted by atomic mass is 10.3. The van der Waals surface area contributed by atoms with E-state index in [1.54, 1.807) is 34.0 Å². The predicted octanol–water partition coefficient (Wildman–Crippen LogP) is 1.57. The first-order chi connectivity index (χ1) is 9.19. The van der Waals surface area contributed by atoms with Gasteiger partial charge in [0.2, 0.25) is 0 Å². The minimum Gasteiger partial charge on any atom is -0.351 e. The van der Waals surface area contributed by atoms with Crippen LogP contribution in [-0.2, 0) is 13.1 Å². The van der Waals surface area contributed by atoms with E-state index in [9.17, 15) is 4.79 Å². The van der Waals surface area contributed by atoms with Crippen LogP contribution in [0.4, 0.5) is 0 Å². The highest BCUT2D eigenvalue weighted by molar-refractivity contribution is 6.30. The van der Waals surface area contributed by atoms with E-state index in [1.807, 2.05) is 6.92 Å². The van der Waals surface area contributed by atoms with Gasteiger partial charge in [0.05, 0.1) is 11.2 Å². The van der Waals surface area contributed by atoms with Gasteiger partial charge in [-0.25, -0.2) is 0 Å². The van der Waals surface area contributed by atoms with Crippen LogP contribution in [0.5, 0.6) is 0 Å². The first-order valence-electron chi connectivity index (χ1n) is 6.18. The molecular weight excluding hydrogens is 266 g/mol. The van der Waals surface area contributed by atoms with Crippen LogP contribution in [0.3, 0.4) is 0 Å². The topological polar surface area (TPSA) is 64.7 Å². The molecule has 0 atom stereocenters. The summed E-state index contributed by atoms with van der Waals surface area (Å²) in [5, 5.41) is 11.6. The van der Waals surface area contributed by atoms with E-state index in [0.717, 1.165) is 19.5 Å². The lowest BCUT2D eigenvalue weighted by Crippen LogP contribution is -2.25. The highest BCUT2D eigenvalue weighted by atomic mass is 35.5. The van der Waals surface area contributed by atoms with Crippen molar-refractivity contribution in [1.82, 2.24) is 24.9 Å². The van der Waals surface area contributed by atoms with Crippen molar-refractivity contribution in [3.8, 4) is 0 Å². The highest BCUT2D eigenvalue weighted by Crippen LogP contribution is 2.04. The Morgan fingerprint density at radius 1 is 1.47 bits per heavy atom. The Morgan fingerprint density at radius 2 is 2.32 bits per heavy atom. The highest BCUT2D eigenvalue weighted by Gasteiger charge is 2.07. The molecule has 7 heteroatoms. The third-order valence-corrected chi connectivity index (χ3v) is 2.84. The monoisotopic (exact) mass is 281 g/mol. The maximum Gasteiger partial charge on any atom is 0.271 e. The second-order valence-corrected chi connectivity index (χ2v) is 4.52. The van der Waals surface area contributed by atoms with E-state index in [-0.39, 0.29) is 5.91 Å². The Hall–Kier alpha value is -1.82. The SMILES string of the molecule is CCn1ccc(C(=O)NCCCn2cc(Cl)cn2)n1. The molecule has 0 aliphatic rings. The number of nitrogens with zero attached hydrogens (tertiary/aromatic N) is 4. The van der Waals surface area contributed by atoms with Crippen LogP contribution in [-0.4, -0.2) is 32.0 Å². The Balaban J connectivity index is 1.72. The minimum atomic E-state index is -0.148. The molecule has 2 aromatic rings. The van der Waals surface area contributed by atoms with E-state index >= 15 is 0 Å². The Labute approximate surface area is 116 Å². The summed E-state index contributed by atoms with van der Waals surface area (Å²) in [6.45, 7) is 4.03. The third kappa shape index (κ3) is 3.82. The van der Waals surface area contributed by atoms with E-state index in [4.69, 9.17) is 11.6 Å². The number of carbonyl (C=O) groups is 1. The van der Waals surface area contributed by atoms with Gasteiger partial charge in [-0.2, -0.15) is 10.2 Å². The smallest absolute Gasteiger partial charge is 0.271 e. The number of amides is 1. The first-order valence-corrected chi connectivity index (χ1v) is 6.56. The molecule has 0 fully saturated rings. The quantitative estimate of drug-likeness (QED) is 0.818. The molecule has 2 aromatic heterocycles. The number of nitrogens with one attached hydrogen (secondary N) is 1. The number of carbonyl (C=O) groups excluding carboxylic acids is 1. The van der Waals surface area contributed by atoms with Gasteiger partial charge in [0.25, 0.3) is 5.91 Å². The molecule has 2 rings (SSSR count). The molecule has 6 nitrogen and oxygen atoms in total. The Kier molecular flexibility index (Phi) is 4.57. The van der Waals surface area contributed by atoms with Crippen molar-refractivity contribution in [2.24, 2.45) is 0 Å². The van der Waals surface area contributed by atoms with Gasteiger partial charge in [-0.15, -0.1) is 0 Å². The van der Waals surface area contributed by atoms with E-state index in [0.29, 0.717) is 17.3 Å². The summed E-state index contributed by atoms with van der Waals surface area (Å²) >= 11 is 5.76. The molecule has 0 radical (unpaired) electrons. The summed E-state index contributed by atoms with van der Waals surface area (Å²) in [6.07, 6.45) is 5.93. The molecule has 0 aliphatic carbocycles. The van der Waals surface area contributed by atoms with Crippen LogP contribution in [0.2, 0.25) is 5.02 Å². The summed E-state index contributed by atoms with van der Waals surface area (Å²) in [5.41, 5.74) is 0.448. The zero-order chi connectivity index (χ0) is 13.7. The number of aryl methyl sites for hydroxylation is 2. The average Bonchev–Trinajstić information content (AvgIpc) is 3.03. The molecule has 1 amide bonds. The van der Waals surface area contributed by atoms with Crippen LogP contribution in [0.1, 0.15) is 23.8 Å². The lowest BCUT2D eigenvalue weighted by Gasteiger charge is -2.03. The summed E-state index contributed by atoms with van der Waals surface area (Å²) in [7, 11) is 0. The molecule has 19 heavy (non-hydrogen) atoms. The minimum absolute atomic E-state index is 0.148. The van der Waals surface area contributed by atoms with Crippen molar-refractivity contribution in [2.45, 2.75) is 26.4 Å². The fraction of sp³-hybridized carbons (Fsp3) is 0.417. The largest absolute Gasteiger partial charge is 0.351 e. The normalized spacial score (nSPS) is 10.6. The van der Waals surface area contributed by atoms with Gasteiger partial charge in [0.15, 0.2) is 0 Å². The van der Waals surface area contributed by atoms with Crippen molar-refractivity contribution in [1.29, 1.82) is 0 Å². The maximum absolute atomic E-state index is 11.8. The average molecular weight is 282 g/mol. The molecule has 0 saturated heterocycles. The van der Waals surface area contributed by atoms with Crippen LogP contribution in [0.25, 0.3) is 0 Å². The zero-order valence-electron chi connectivity index (χ0n) is 10.7. The van der Waals surface area contributed by atoms with Gasteiger partial charge in [0, 0.05) is 32.0 Å². The number of hydrogen-bond acceptors (Lipinski definition) is 3. The molecular formula is C12H16ClN5O. The molecule has 1 N–H and O–H groups in total. The van der Waals surface area contributed by atoms with E-state index < -0.39 is 0 Å². The predicted molar refractivity (Wildman–Crippen MR) is 72.1 cm³/mol. The molecule has 0 unspecified atom stereocenters. The number of halogens is 1. The maximum atomic E-state index is 11.8. The lowest BCUT2D eigenvalue weighted by molar-refractivity contribution is 0.0947. The van der Waals surface area contributed by atoms with Crippen LogP contribution < -0.4 is 5.32 Å². The molecule has 2 heterocycles. The van der Waals surface area contributed by atoms with Crippen molar-refractivity contribution in [2.75, 3.05) is 6.54 Å². The van der Waals surface area contributed by atoms with Gasteiger partial charge in [-0.1, -0.05) is 11.6 Å². The zero-order valence-corrected chi connectivity index (χ0v) is 11.5. The van der Waals surface area contributed by atoms with Crippen LogP contribution in [0, 0.1) is 0 Å². The molecule has 0 bridgehead atoms. The molecule has 0 aromatic carbocycles. The fourth-order valence-corrected chi connectivity index (χ4v) is 1.81. The van der Waals surface area contributed by atoms with Gasteiger partial charge in [0.1, 0.15) is 5.69 Å². The molecule has 0 spiro atoms. The third-order valence-electron chi connectivity index (χ3n) is 2.65. The molecule has 102 valence electrons. The fourth-order valence-electron chi connectivity index (χ4n) is 1.65. The van der Waals surface area contributed by atoms with Crippen LogP contribution in [0.15, 0.2) is 24.7 Å². The molecule has 0 aliphatic heterocycles. The number of hydrogen-bond donors (Lipinski definition) is 1. The Morgan fingerprint density at radius 3 is 2.95 bits per heavy atom. The van der Waals surface area contributed by atoms with Crippen molar-refractivity contribution in [3.05, 3.63) is 35.4 Å². The van der Waals surface area contributed by atoms with E-state index in [2.05, 4.69) is 15.5 Å². The van der Waals surface area contributed by atoms with Crippen LogP contribution >= 0.6 is 11.6 Å². The number of aromatic nitrogens is 4.